The van der Waals surface area contributed by atoms with Gasteiger partial charge in [0.25, 0.3) is 0 Å². The SMILES string of the molecule is COCC(=O)N(CC(=O)N1CCc2sccc2[C@@H]1COc1ccccc1C)C1CC1. The van der Waals surface area contributed by atoms with Gasteiger partial charge in [0.15, 0.2) is 0 Å². The highest BCUT2D eigenvalue weighted by atomic mass is 32.1. The lowest BCUT2D eigenvalue weighted by atomic mass is 10.0. The zero-order valence-electron chi connectivity index (χ0n) is 17.5. The highest BCUT2D eigenvalue weighted by Gasteiger charge is 2.37. The number of aryl methyl sites for hydroxylation is 1. The lowest BCUT2D eigenvalue weighted by Gasteiger charge is -2.37. The second kappa shape index (κ2) is 9.18. The van der Waals surface area contributed by atoms with E-state index in [0.717, 1.165) is 36.1 Å². The Balaban J connectivity index is 1.50. The summed E-state index contributed by atoms with van der Waals surface area (Å²) in [5.41, 5.74) is 2.23. The number of carbonyl (C=O) groups excluding carboxylic acids is 2. The van der Waals surface area contributed by atoms with Crippen molar-refractivity contribution in [1.82, 2.24) is 9.80 Å². The number of para-hydroxylation sites is 1. The molecule has 1 atom stereocenters. The summed E-state index contributed by atoms with van der Waals surface area (Å²) in [5, 5.41) is 2.08. The number of ether oxygens (including phenoxy) is 2. The molecule has 6 nitrogen and oxygen atoms in total. The second-order valence-corrected chi connectivity index (χ2v) is 8.92. The van der Waals surface area contributed by atoms with Crippen LogP contribution in [0.2, 0.25) is 0 Å². The molecule has 2 heterocycles. The average molecular weight is 429 g/mol. The van der Waals surface area contributed by atoms with Crippen LogP contribution >= 0.6 is 11.3 Å². The fourth-order valence-corrected chi connectivity index (χ4v) is 4.94. The van der Waals surface area contributed by atoms with E-state index in [2.05, 4.69) is 11.4 Å². The van der Waals surface area contributed by atoms with E-state index in [0.29, 0.717) is 13.2 Å². The van der Waals surface area contributed by atoms with Gasteiger partial charge in [0.1, 0.15) is 25.5 Å². The zero-order chi connectivity index (χ0) is 21.1. The monoisotopic (exact) mass is 428 g/mol. The number of benzene rings is 1. The van der Waals surface area contributed by atoms with E-state index in [9.17, 15) is 9.59 Å². The molecule has 2 amide bonds. The summed E-state index contributed by atoms with van der Waals surface area (Å²) in [6, 6.07) is 10.0. The smallest absolute Gasteiger partial charge is 0.249 e. The predicted octanol–water partition coefficient (Wildman–Crippen LogP) is 3.20. The molecule has 0 N–H and O–H groups in total. The highest BCUT2D eigenvalue weighted by molar-refractivity contribution is 7.10. The third-order valence-corrected chi connectivity index (χ3v) is 6.78. The van der Waals surface area contributed by atoms with Crippen molar-refractivity contribution in [3.63, 3.8) is 0 Å². The summed E-state index contributed by atoms with van der Waals surface area (Å²) in [7, 11) is 1.51. The van der Waals surface area contributed by atoms with E-state index in [-0.39, 0.29) is 37.0 Å². The lowest BCUT2D eigenvalue weighted by molar-refractivity contribution is -0.145. The Morgan fingerprint density at radius 1 is 1.23 bits per heavy atom. The molecular formula is C23H28N2O4S. The number of hydrogen-bond acceptors (Lipinski definition) is 5. The molecule has 2 aliphatic rings. The number of rotatable bonds is 8. The molecule has 1 saturated carbocycles. The quantitative estimate of drug-likeness (QED) is 0.648. The molecule has 1 aliphatic heterocycles. The van der Waals surface area contributed by atoms with Crippen LogP contribution in [0.15, 0.2) is 35.7 Å². The Morgan fingerprint density at radius 2 is 2.03 bits per heavy atom. The number of hydrogen-bond donors (Lipinski definition) is 0. The number of nitrogens with zero attached hydrogens (tertiary/aromatic N) is 2. The van der Waals surface area contributed by atoms with Crippen molar-refractivity contribution < 1.29 is 19.1 Å². The van der Waals surface area contributed by atoms with Gasteiger partial charge in [0.05, 0.1) is 6.04 Å². The molecular weight excluding hydrogens is 400 g/mol. The molecule has 1 fully saturated rings. The molecule has 30 heavy (non-hydrogen) atoms. The van der Waals surface area contributed by atoms with E-state index in [1.54, 1.807) is 16.2 Å². The maximum atomic E-state index is 13.3. The molecule has 1 aromatic heterocycles. The largest absolute Gasteiger partial charge is 0.491 e. The van der Waals surface area contributed by atoms with Crippen LogP contribution in [0.25, 0.3) is 0 Å². The number of amides is 2. The van der Waals surface area contributed by atoms with E-state index in [4.69, 9.17) is 9.47 Å². The van der Waals surface area contributed by atoms with Crippen molar-refractivity contribution in [2.75, 3.05) is 33.4 Å². The van der Waals surface area contributed by atoms with Gasteiger partial charge in [-0.15, -0.1) is 11.3 Å². The van der Waals surface area contributed by atoms with Crippen LogP contribution in [0.3, 0.4) is 0 Å². The van der Waals surface area contributed by atoms with Crippen molar-refractivity contribution >= 4 is 23.2 Å². The summed E-state index contributed by atoms with van der Waals surface area (Å²) >= 11 is 1.73. The van der Waals surface area contributed by atoms with Crippen molar-refractivity contribution in [3.05, 3.63) is 51.7 Å². The molecule has 0 radical (unpaired) electrons. The average Bonchev–Trinajstić information content (AvgIpc) is 3.47. The van der Waals surface area contributed by atoms with E-state index < -0.39 is 0 Å². The topological polar surface area (TPSA) is 59.1 Å². The van der Waals surface area contributed by atoms with Gasteiger partial charge in [-0.1, -0.05) is 18.2 Å². The minimum Gasteiger partial charge on any atom is -0.491 e. The lowest BCUT2D eigenvalue weighted by Crippen LogP contribution is -2.49. The third kappa shape index (κ3) is 4.52. The van der Waals surface area contributed by atoms with Gasteiger partial charge in [-0.25, -0.2) is 0 Å². The summed E-state index contributed by atoms with van der Waals surface area (Å²) in [6.45, 7) is 3.18. The molecule has 4 rings (SSSR count). The molecule has 1 aliphatic carbocycles. The van der Waals surface area contributed by atoms with E-state index in [1.807, 2.05) is 36.1 Å². The van der Waals surface area contributed by atoms with Crippen LogP contribution in [-0.2, 0) is 20.7 Å². The van der Waals surface area contributed by atoms with E-state index in [1.165, 1.54) is 12.0 Å². The number of carbonyl (C=O) groups is 2. The Morgan fingerprint density at radius 3 is 2.77 bits per heavy atom. The Hall–Kier alpha value is -2.38. The van der Waals surface area contributed by atoms with Crippen molar-refractivity contribution in [1.29, 1.82) is 0 Å². The third-order valence-electron chi connectivity index (χ3n) is 5.79. The van der Waals surface area contributed by atoms with E-state index >= 15 is 0 Å². The van der Waals surface area contributed by atoms with Crippen molar-refractivity contribution in [3.8, 4) is 5.75 Å². The van der Waals surface area contributed by atoms with Gasteiger partial charge < -0.3 is 19.3 Å². The molecule has 7 heteroatoms. The molecule has 1 aromatic carbocycles. The van der Waals surface area contributed by atoms with Gasteiger partial charge in [0.2, 0.25) is 11.8 Å². The van der Waals surface area contributed by atoms with Gasteiger partial charge in [-0.2, -0.15) is 0 Å². The summed E-state index contributed by atoms with van der Waals surface area (Å²) < 4.78 is 11.2. The number of methoxy groups -OCH3 is 1. The molecule has 160 valence electrons. The first-order valence-corrected chi connectivity index (χ1v) is 11.3. The first kappa shape index (κ1) is 20.9. The standard InChI is InChI=1S/C23H28N2O4S/c1-16-5-3-4-6-20(16)29-14-19-18-10-12-30-21(18)9-11-24(19)22(26)13-25(17-7-8-17)23(27)15-28-2/h3-6,10,12,17,19H,7-9,11,13-15H2,1-2H3/t19-/m0/s1. The van der Waals surface area contributed by atoms with Gasteiger partial charge >= 0.3 is 0 Å². The van der Waals surface area contributed by atoms with Crippen molar-refractivity contribution in [2.24, 2.45) is 0 Å². The molecule has 0 spiro atoms. The van der Waals surface area contributed by atoms with Gasteiger partial charge in [-0.3, -0.25) is 9.59 Å². The maximum Gasteiger partial charge on any atom is 0.249 e. The summed E-state index contributed by atoms with van der Waals surface area (Å²) in [6.07, 6.45) is 2.75. The minimum atomic E-state index is -0.148. The summed E-state index contributed by atoms with van der Waals surface area (Å²) in [5.74, 6) is 0.693. The highest BCUT2D eigenvalue weighted by Crippen LogP contribution is 2.35. The first-order valence-electron chi connectivity index (χ1n) is 10.4. The number of fused-ring (bicyclic) bond motifs is 1. The molecule has 0 saturated heterocycles. The Kier molecular flexibility index (Phi) is 6.39. The number of thiophene rings is 1. The van der Waals surface area contributed by atoms with Gasteiger partial charge in [-0.05, 0) is 54.8 Å². The maximum absolute atomic E-state index is 13.3. The minimum absolute atomic E-state index is 0.0122. The van der Waals surface area contributed by atoms with Crippen LogP contribution in [0.5, 0.6) is 5.75 Å². The van der Waals surface area contributed by atoms with Crippen LogP contribution in [0.4, 0.5) is 0 Å². The fraction of sp³-hybridized carbons (Fsp3) is 0.478. The van der Waals surface area contributed by atoms with Crippen LogP contribution in [0.1, 0.15) is 34.9 Å². The zero-order valence-corrected chi connectivity index (χ0v) is 18.3. The van der Waals surface area contributed by atoms with Crippen LogP contribution < -0.4 is 4.74 Å². The fourth-order valence-electron chi connectivity index (χ4n) is 4.01. The van der Waals surface area contributed by atoms with Crippen molar-refractivity contribution in [2.45, 2.75) is 38.3 Å². The normalized spacial score (nSPS) is 18.1. The molecule has 0 unspecified atom stereocenters. The van der Waals surface area contributed by atoms with Crippen LogP contribution in [-0.4, -0.2) is 61.1 Å². The second-order valence-electron chi connectivity index (χ2n) is 7.91. The molecule has 2 aromatic rings. The summed E-state index contributed by atoms with van der Waals surface area (Å²) in [4.78, 5) is 30.6. The Labute approximate surface area is 181 Å². The van der Waals surface area contributed by atoms with Gasteiger partial charge in [0, 0.05) is 24.6 Å². The molecule has 0 bridgehead atoms. The Bertz CT molecular complexity index is 908. The predicted molar refractivity (Wildman–Crippen MR) is 116 cm³/mol. The first-order chi connectivity index (χ1) is 14.6. The van der Waals surface area contributed by atoms with Crippen LogP contribution in [0, 0.1) is 6.92 Å².